The molecule has 1 N–H and O–H groups in total. The normalized spacial score (nSPS) is 15.4. The molecule has 1 fully saturated rings. The molecule has 0 aliphatic carbocycles. The Hall–Kier alpha value is -2.92. The number of anilines is 1. The lowest BCUT2D eigenvalue weighted by Crippen LogP contribution is -2.52. The van der Waals surface area contributed by atoms with Crippen LogP contribution in [-0.2, 0) is 19.6 Å². The molecule has 0 saturated carbocycles. The van der Waals surface area contributed by atoms with E-state index in [1.807, 2.05) is 25.1 Å². The summed E-state index contributed by atoms with van der Waals surface area (Å²) in [7, 11) is -0.0510. The van der Waals surface area contributed by atoms with E-state index >= 15 is 0 Å². The molecule has 0 unspecified atom stereocenters. The van der Waals surface area contributed by atoms with E-state index in [1.165, 1.54) is 4.31 Å². The van der Waals surface area contributed by atoms with E-state index in [0.29, 0.717) is 11.2 Å². The van der Waals surface area contributed by atoms with Crippen LogP contribution >= 0.6 is 0 Å². The fourth-order valence-corrected chi connectivity index (χ4v) is 5.26. The third kappa shape index (κ3) is 5.72. The Morgan fingerprint density at radius 1 is 1.09 bits per heavy atom. The number of rotatable bonds is 5. The first-order valence-electron chi connectivity index (χ1n) is 10.7. The van der Waals surface area contributed by atoms with Crippen molar-refractivity contribution >= 4 is 38.6 Å². The fourth-order valence-electron chi connectivity index (χ4n) is 3.63. The molecule has 3 rings (SSSR count). The van der Waals surface area contributed by atoms with E-state index in [1.54, 1.807) is 50.1 Å². The van der Waals surface area contributed by atoms with Crippen LogP contribution in [-0.4, -0.2) is 87.0 Å². The number of pyridine rings is 1. The van der Waals surface area contributed by atoms with Gasteiger partial charge in [0.25, 0.3) is 0 Å². The second-order valence-electron chi connectivity index (χ2n) is 9.02. The molecule has 2 heterocycles. The van der Waals surface area contributed by atoms with E-state index in [2.05, 4.69) is 10.3 Å². The summed E-state index contributed by atoms with van der Waals surface area (Å²) < 4.78 is 33.4. The Morgan fingerprint density at radius 2 is 1.76 bits per heavy atom. The van der Waals surface area contributed by atoms with Crippen molar-refractivity contribution in [1.29, 1.82) is 0 Å². The highest BCUT2D eigenvalue weighted by molar-refractivity contribution is 7.89. The minimum Gasteiger partial charge on any atom is -0.444 e. The van der Waals surface area contributed by atoms with Crippen LogP contribution < -0.4 is 10.2 Å². The molecular weight excluding hydrogens is 446 g/mol. The number of benzene rings is 1. The Morgan fingerprint density at radius 3 is 2.36 bits per heavy atom. The average Bonchev–Trinajstić information content (AvgIpc) is 2.75. The van der Waals surface area contributed by atoms with Gasteiger partial charge in [0.1, 0.15) is 18.0 Å². The molecule has 33 heavy (non-hydrogen) atoms. The van der Waals surface area contributed by atoms with Gasteiger partial charge in [-0.2, -0.15) is 4.31 Å². The van der Waals surface area contributed by atoms with Crippen molar-refractivity contribution in [3.8, 4) is 0 Å². The van der Waals surface area contributed by atoms with Crippen LogP contribution in [0.25, 0.3) is 10.8 Å². The average molecular weight is 478 g/mol. The van der Waals surface area contributed by atoms with Crippen LogP contribution in [0, 0.1) is 0 Å². The first-order valence-corrected chi connectivity index (χ1v) is 12.1. The first kappa shape index (κ1) is 24.7. The quantitative estimate of drug-likeness (QED) is 0.697. The smallest absolute Gasteiger partial charge is 0.408 e. The number of sulfonamides is 1. The molecule has 0 radical (unpaired) electrons. The SMILES string of the molecule is CN(C)c1nccc2c(S(=O)(=O)N3CCN(C(=O)CNC(=O)OC(C)(C)C)CC3)cccc12. The summed E-state index contributed by atoms with van der Waals surface area (Å²) in [6, 6.07) is 6.87. The minimum absolute atomic E-state index is 0.169. The molecule has 1 aliphatic heterocycles. The Bertz CT molecular complexity index is 1140. The zero-order valence-corrected chi connectivity index (χ0v) is 20.5. The lowest BCUT2D eigenvalue weighted by Gasteiger charge is -2.34. The standard InChI is InChI=1S/C22H31N5O5S/c1-22(2,3)32-21(29)24-15-19(28)26-11-13-27(14-12-26)33(30,31)18-8-6-7-17-16(18)9-10-23-20(17)25(4)5/h6-10H,11-15H2,1-5H3,(H,24,29). The van der Waals surface area contributed by atoms with Crippen molar-refractivity contribution in [2.45, 2.75) is 31.3 Å². The molecule has 1 saturated heterocycles. The molecule has 11 heteroatoms. The van der Waals surface area contributed by atoms with Gasteiger partial charge in [-0.05, 0) is 32.9 Å². The second-order valence-corrected chi connectivity index (χ2v) is 10.9. The van der Waals surface area contributed by atoms with Gasteiger partial charge in [0, 0.05) is 57.2 Å². The molecule has 180 valence electrons. The highest BCUT2D eigenvalue weighted by Gasteiger charge is 2.31. The van der Waals surface area contributed by atoms with Crippen molar-refractivity contribution < 1.29 is 22.7 Å². The molecule has 0 bridgehead atoms. The van der Waals surface area contributed by atoms with E-state index in [9.17, 15) is 18.0 Å². The first-order chi connectivity index (χ1) is 15.4. The lowest BCUT2D eigenvalue weighted by atomic mass is 10.1. The minimum atomic E-state index is -3.77. The van der Waals surface area contributed by atoms with Gasteiger partial charge in [0.2, 0.25) is 15.9 Å². The molecule has 0 atom stereocenters. The van der Waals surface area contributed by atoms with E-state index < -0.39 is 21.7 Å². The maximum absolute atomic E-state index is 13.4. The summed E-state index contributed by atoms with van der Waals surface area (Å²) in [6.45, 7) is 5.83. The van der Waals surface area contributed by atoms with Crippen molar-refractivity contribution in [2.24, 2.45) is 0 Å². The van der Waals surface area contributed by atoms with Crippen molar-refractivity contribution in [3.05, 3.63) is 30.5 Å². The molecule has 1 aromatic heterocycles. The van der Waals surface area contributed by atoms with Crippen LogP contribution in [0.4, 0.5) is 10.6 Å². The van der Waals surface area contributed by atoms with Crippen LogP contribution in [0.15, 0.2) is 35.4 Å². The van der Waals surface area contributed by atoms with E-state index in [4.69, 9.17) is 4.74 Å². The molecule has 0 spiro atoms. The van der Waals surface area contributed by atoms with Gasteiger partial charge in [-0.25, -0.2) is 18.2 Å². The summed E-state index contributed by atoms with van der Waals surface area (Å²) in [5.74, 6) is 0.405. The molecule has 2 aromatic rings. The number of ether oxygens (including phenoxy) is 1. The van der Waals surface area contributed by atoms with Gasteiger partial charge < -0.3 is 19.9 Å². The summed E-state index contributed by atoms with van der Waals surface area (Å²) in [5.41, 5.74) is -0.655. The number of amides is 2. The van der Waals surface area contributed by atoms with Gasteiger partial charge in [-0.3, -0.25) is 4.79 Å². The van der Waals surface area contributed by atoms with Crippen molar-refractivity contribution in [1.82, 2.24) is 19.5 Å². The maximum atomic E-state index is 13.4. The number of nitrogens with one attached hydrogen (secondary N) is 1. The second kappa shape index (κ2) is 9.52. The number of fused-ring (bicyclic) bond motifs is 1. The number of nitrogens with zero attached hydrogens (tertiary/aromatic N) is 4. The fraction of sp³-hybridized carbons (Fsp3) is 0.500. The monoisotopic (exact) mass is 477 g/mol. The summed E-state index contributed by atoms with van der Waals surface area (Å²) in [4.78, 5) is 32.2. The van der Waals surface area contributed by atoms with E-state index in [-0.39, 0.29) is 43.5 Å². The number of carbonyl (C=O) groups excluding carboxylic acids is 2. The number of piperazine rings is 1. The molecule has 2 amide bonds. The van der Waals surface area contributed by atoms with Crippen LogP contribution in [0.2, 0.25) is 0 Å². The zero-order valence-electron chi connectivity index (χ0n) is 19.7. The Kier molecular flexibility index (Phi) is 7.13. The zero-order chi connectivity index (χ0) is 24.4. The number of hydrogen-bond acceptors (Lipinski definition) is 7. The van der Waals surface area contributed by atoms with Crippen LogP contribution in [0.1, 0.15) is 20.8 Å². The number of alkyl carbamates (subject to hydrolysis) is 1. The van der Waals surface area contributed by atoms with Gasteiger partial charge in [0.05, 0.1) is 4.90 Å². The topological polar surface area (TPSA) is 112 Å². The lowest BCUT2D eigenvalue weighted by molar-refractivity contribution is -0.131. The summed E-state index contributed by atoms with van der Waals surface area (Å²) in [6.07, 6.45) is 0.935. The molecule has 1 aromatic carbocycles. The predicted molar refractivity (Wildman–Crippen MR) is 126 cm³/mol. The third-order valence-electron chi connectivity index (χ3n) is 5.16. The van der Waals surface area contributed by atoms with Gasteiger partial charge >= 0.3 is 6.09 Å². The number of hydrogen-bond donors (Lipinski definition) is 1. The van der Waals surface area contributed by atoms with Gasteiger partial charge in [0.15, 0.2) is 0 Å². The summed E-state index contributed by atoms with van der Waals surface area (Å²) >= 11 is 0. The van der Waals surface area contributed by atoms with Gasteiger partial charge in [-0.1, -0.05) is 12.1 Å². The number of carbonyl (C=O) groups is 2. The largest absolute Gasteiger partial charge is 0.444 e. The summed E-state index contributed by atoms with van der Waals surface area (Å²) in [5, 5.41) is 3.81. The molecule has 10 nitrogen and oxygen atoms in total. The van der Waals surface area contributed by atoms with Crippen molar-refractivity contribution in [2.75, 3.05) is 51.7 Å². The van der Waals surface area contributed by atoms with Crippen LogP contribution in [0.3, 0.4) is 0 Å². The van der Waals surface area contributed by atoms with Crippen molar-refractivity contribution in [3.63, 3.8) is 0 Å². The van der Waals surface area contributed by atoms with Gasteiger partial charge in [-0.15, -0.1) is 0 Å². The highest BCUT2D eigenvalue weighted by Crippen LogP contribution is 2.30. The third-order valence-corrected chi connectivity index (χ3v) is 7.12. The van der Waals surface area contributed by atoms with Crippen LogP contribution in [0.5, 0.6) is 0 Å². The molecular formula is C22H31N5O5S. The Labute approximate surface area is 194 Å². The highest BCUT2D eigenvalue weighted by atomic mass is 32.2. The molecule has 1 aliphatic rings. The maximum Gasteiger partial charge on any atom is 0.408 e. The van der Waals surface area contributed by atoms with E-state index in [0.717, 1.165) is 5.39 Å². The Balaban J connectivity index is 1.68. The predicted octanol–water partition coefficient (Wildman–Crippen LogP) is 1.66. The number of aromatic nitrogens is 1.